The molecule has 0 unspecified atom stereocenters. The fraction of sp³-hybridized carbons (Fsp3) is 0.167. The Hall–Kier alpha value is -2.19. The third kappa shape index (κ3) is 3.81. The Balaban J connectivity index is 1.77. The van der Waals surface area contributed by atoms with Crippen LogP contribution in [0.1, 0.15) is 11.1 Å². The van der Waals surface area contributed by atoms with E-state index in [1.807, 2.05) is 32.0 Å². The molecular formula is C18H15Br2N3O3. The number of amides is 1. The lowest BCUT2D eigenvalue weighted by molar-refractivity contribution is -0.120. The highest BCUT2D eigenvalue weighted by atomic mass is 79.9. The van der Waals surface area contributed by atoms with Gasteiger partial charge in [0, 0.05) is 14.3 Å². The summed E-state index contributed by atoms with van der Waals surface area (Å²) in [5, 5.41) is 18.2. The number of ether oxygens (including phenoxy) is 1. The minimum absolute atomic E-state index is 0.161. The van der Waals surface area contributed by atoms with Crippen LogP contribution in [0.5, 0.6) is 11.6 Å². The summed E-state index contributed by atoms with van der Waals surface area (Å²) in [4.78, 5) is 14.8. The van der Waals surface area contributed by atoms with Gasteiger partial charge in [0.25, 0.3) is 0 Å². The molecule has 1 amide bonds. The van der Waals surface area contributed by atoms with E-state index in [9.17, 15) is 9.90 Å². The van der Waals surface area contributed by atoms with E-state index >= 15 is 0 Å². The number of rotatable bonds is 4. The summed E-state index contributed by atoms with van der Waals surface area (Å²) in [6, 6.07) is 9.25. The van der Waals surface area contributed by atoms with Crippen molar-refractivity contribution in [1.82, 2.24) is 4.98 Å². The van der Waals surface area contributed by atoms with Crippen LogP contribution in [-0.2, 0) is 4.79 Å². The first-order valence-corrected chi connectivity index (χ1v) is 9.28. The van der Waals surface area contributed by atoms with E-state index in [1.54, 1.807) is 12.1 Å². The number of hydrogen-bond donors (Lipinski definition) is 2. The number of carbonyl (C=O) groups is 1. The van der Waals surface area contributed by atoms with Crippen molar-refractivity contribution in [3.05, 3.63) is 50.4 Å². The van der Waals surface area contributed by atoms with Gasteiger partial charge >= 0.3 is 5.91 Å². The molecule has 6 nitrogen and oxygen atoms in total. The van der Waals surface area contributed by atoms with Gasteiger partial charge in [-0.3, -0.25) is 4.79 Å². The molecule has 134 valence electrons. The summed E-state index contributed by atoms with van der Waals surface area (Å²) in [5.41, 5.74) is 2.92. The zero-order valence-electron chi connectivity index (χ0n) is 14.0. The highest BCUT2D eigenvalue weighted by Crippen LogP contribution is 2.40. The van der Waals surface area contributed by atoms with Gasteiger partial charge in [0.1, 0.15) is 5.75 Å². The Morgan fingerprint density at radius 1 is 1.27 bits per heavy atom. The van der Waals surface area contributed by atoms with Gasteiger partial charge in [-0.05, 0) is 59.1 Å². The summed E-state index contributed by atoms with van der Waals surface area (Å²) in [6.07, 6.45) is 0. The number of aromatic nitrogens is 1. The van der Waals surface area contributed by atoms with Crippen molar-refractivity contribution in [1.29, 1.82) is 0 Å². The monoisotopic (exact) mass is 479 g/mol. The standard InChI is InChI=1S/C18H15Br2N3O3/c1-9-4-3-5-14(10(9)2)26-8-15(24)22-23-17-12-6-11(19)7-13(20)16(12)21-18(17)25/h3-7,21,25H,8H2,1-2H3. The molecule has 0 fully saturated rings. The molecule has 0 radical (unpaired) electrons. The lowest BCUT2D eigenvalue weighted by atomic mass is 10.1. The smallest absolute Gasteiger partial charge is 0.302 e. The molecule has 0 saturated heterocycles. The molecule has 8 heteroatoms. The maximum absolute atomic E-state index is 12.0. The van der Waals surface area contributed by atoms with E-state index < -0.39 is 5.91 Å². The molecule has 1 heterocycles. The molecule has 3 aromatic rings. The van der Waals surface area contributed by atoms with Gasteiger partial charge in [0.15, 0.2) is 12.3 Å². The Labute approximate surface area is 166 Å². The summed E-state index contributed by atoms with van der Waals surface area (Å²) in [5.74, 6) is -0.0733. The van der Waals surface area contributed by atoms with E-state index in [-0.39, 0.29) is 18.2 Å². The summed E-state index contributed by atoms with van der Waals surface area (Å²) in [7, 11) is 0. The van der Waals surface area contributed by atoms with Crippen molar-refractivity contribution in [2.75, 3.05) is 6.61 Å². The number of aromatic hydroxyl groups is 1. The largest absolute Gasteiger partial charge is 0.493 e. The second-order valence-corrected chi connectivity index (χ2v) is 7.48. The second kappa shape index (κ2) is 7.59. The van der Waals surface area contributed by atoms with E-state index in [2.05, 4.69) is 47.1 Å². The van der Waals surface area contributed by atoms with E-state index in [4.69, 9.17) is 4.74 Å². The number of nitrogens with zero attached hydrogens (tertiary/aromatic N) is 2. The Morgan fingerprint density at radius 3 is 2.81 bits per heavy atom. The van der Waals surface area contributed by atoms with E-state index in [1.165, 1.54) is 0 Å². The van der Waals surface area contributed by atoms with Gasteiger partial charge in [-0.2, -0.15) is 0 Å². The molecule has 2 N–H and O–H groups in total. The number of fused-ring (bicyclic) bond motifs is 1. The van der Waals surface area contributed by atoms with Crippen molar-refractivity contribution in [2.24, 2.45) is 10.2 Å². The summed E-state index contributed by atoms with van der Waals surface area (Å²) < 4.78 is 7.07. The van der Waals surface area contributed by atoms with Gasteiger partial charge in [-0.1, -0.05) is 28.1 Å². The molecule has 1 aromatic heterocycles. The molecular weight excluding hydrogens is 466 g/mol. The molecule has 0 aliphatic rings. The van der Waals surface area contributed by atoms with Crippen LogP contribution < -0.4 is 4.74 Å². The second-order valence-electron chi connectivity index (χ2n) is 5.71. The Kier molecular flexibility index (Phi) is 5.43. The van der Waals surface area contributed by atoms with Crippen LogP contribution in [0.3, 0.4) is 0 Å². The maximum Gasteiger partial charge on any atom is 0.302 e. The van der Waals surface area contributed by atoms with Crippen LogP contribution in [0.25, 0.3) is 10.9 Å². The highest BCUT2D eigenvalue weighted by Gasteiger charge is 2.14. The van der Waals surface area contributed by atoms with Crippen molar-refractivity contribution < 1.29 is 14.6 Å². The molecule has 26 heavy (non-hydrogen) atoms. The predicted octanol–water partition coefficient (Wildman–Crippen LogP) is 5.70. The number of aryl methyl sites for hydroxylation is 1. The number of benzene rings is 2. The molecule has 0 aliphatic heterocycles. The van der Waals surface area contributed by atoms with Gasteiger partial charge in [-0.15, -0.1) is 10.2 Å². The fourth-order valence-electron chi connectivity index (χ4n) is 2.45. The first kappa shape index (κ1) is 18.6. The van der Waals surface area contributed by atoms with Gasteiger partial charge in [0.2, 0.25) is 5.88 Å². The minimum atomic E-state index is -0.547. The van der Waals surface area contributed by atoms with Gasteiger partial charge in [0.05, 0.1) is 5.52 Å². The maximum atomic E-state index is 12.0. The highest BCUT2D eigenvalue weighted by molar-refractivity contribution is 9.11. The molecule has 3 rings (SSSR count). The molecule has 0 spiro atoms. The van der Waals surface area contributed by atoms with Crippen LogP contribution in [0.4, 0.5) is 5.69 Å². The van der Waals surface area contributed by atoms with Gasteiger partial charge in [-0.25, -0.2) is 0 Å². The number of hydrogen-bond acceptors (Lipinski definition) is 4. The average molecular weight is 481 g/mol. The zero-order valence-corrected chi connectivity index (χ0v) is 17.2. The minimum Gasteiger partial charge on any atom is -0.493 e. The molecule has 0 aliphatic carbocycles. The SMILES string of the molecule is Cc1cccc(OCC(=O)N=Nc2c(O)[nH]c3c(Br)cc(Br)cc23)c1C. The third-order valence-electron chi connectivity index (χ3n) is 3.95. The molecule has 0 atom stereocenters. The zero-order chi connectivity index (χ0) is 18.8. The van der Waals surface area contributed by atoms with Crippen molar-refractivity contribution in [3.8, 4) is 11.6 Å². The van der Waals surface area contributed by atoms with Crippen LogP contribution in [0.2, 0.25) is 0 Å². The number of aromatic amines is 1. The fourth-order valence-corrected chi connectivity index (χ4v) is 3.77. The van der Waals surface area contributed by atoms with Gasteiger partial charge < -0.3 is 14.8 Å². The topological polar surface area (TPSA) is 87.0 Å². The van der Waals surface area contributed by atoms with Crippen LogP contribution >= 0.6 is 31.9 Å². The van der Waals surface area contributed by atoms with Crippen LogP contribution in [0, 0.1) is 13.8 Å². The molecule has 2 aromatic carbocycles. The Bertz CT molecular complexity index is 1030. The van der Waals surface area contributed by atoms with E-state index in [0.29, 0.717) is 16.7 Å². The number of carbonyl (C=O) groups excluding carboxylic acids is 1. The normalized spacial score (nSPS) is 11.4. The number of nitrogens with one attached hydrogen (secondary N) is 1. The van der Waals surface area contributed by atoms with E-state index in [0.717, 1.165) is 20.1 Å². The third-order valence-corrected chi connectivity index (χ3v) is 5.03. The average Bonchev–Trinajstić information content (AvgIpc) is 2.90. The lowest BCUT2D eigenvalue weighted by Gasteiger charge is -2.08. The first-order chi connectivity index (χ1) is 12.4. The number of halogens is 2. The molecule has 0 saturated carbocycles. The lowest BCUT2D eigenvalue weighted by Crippen LogP contribution is -2.08. The Morgan fingerprint density at radius 2 is 2.04 bits per heavy atom. The summed E-state index contributed by atoms with van der Waals surface area (Å²) in [6.45, 7) is 3.67. The van der Waals surface area contributed by atoms with Crippen molar-refractivity contribution in [2.45, 2.75) is 13.8 Å². The number of H-pyrrole nitrogens is 1. The summed E-state index contributed by atoms with van der Waals surface area (Å²) >= 11 is 6.79. The van der Waals surface area contributed by atoms with Crippen LogP contribution in [0.15, 0.2) is 49.5 Å². The van der Waals surface area contributed by atoms with Crippen molar-refractivity contribution in [3.63, 3.8) is 0 Å². The first-order valence-electron chi connectivity index (χ1n) is 7.70. The molecule has 0 bridgehead atoms. The number of azo groups is 1. The van der Waals surface area contributed by atoms with Crippen LogP contribution in [-0.4, -0.2) is 22.6 Å². The quantitative estimate of drug-likeness (QED) is 0.469. The van der Waals surface area contributed by atoms with Crippen molar-refractivity contribution >= 4 is 54.4 Å². The predicted molar refractivity (Wildman–Crippen MR) is 106 cm³/mol.